The Hall–Kier alpha value is -0.960. The molecule has 2 fully saturated rings. The molecule has 1 aromatic rings. The second kappa shape index (κ2) is 7.08. The summed E-state index contributed by atoms with van der Waals surface area (Å²) in [4.78, 5) is 12.1. The number of fused-ring (bicyclic) bond motifs is 2. The van der Waals surface area contributed by atoms with Gasteiger partial charge in [-0.25, -0.2) is 0 Å². The highest BCUT2D eigenvalue weighted by atomic mass is 32.2. The van der Waals surface area contributed by atoms with E-state index >= 15 is 0 Å². The number of benzene rings is 1. The normalized spacial score (nSPS) is 27.8. The van der Waals surface area contributed by atoms with Crippen LogP contribution in [0.2, 0.25) is 0 Å². The van der Waals surface area contributed by atoms with Gasteiger partial charge in [-0.1, -0.05) is 36.2 Å². The second-order valence-corrected chi connectivity index (χ2v) is 8.16. The topological polar surface area (TPSA) is 29.1 Å². The third-order valence-electron chi connectivity index (χ3n) is 5.45. The van der Waals surface area contributed by atoms with E-state index in [0.717, 1.165) is 23.5 Å². The summed E-state index contributed by atoms with van der Waals surface area (Å²) in [5, 5.41) is 3.24. The minimum absolute atomic E-state index is 0.201. The van der Waals surface area contributed by atoms with E-state index in [0.29, 0.717) is 11.8 Å². The van der Waals surface area contributed by atoms with Crippen LogP contribution >= 0.6 is 11.8 Å². The first kappa shape index (κ1) is 15.9. The number of hydrogen-bond donors (Lipinski definition) is 1. The largest absolute Gasteiger partial charge is 0.353 e. The Morgan fingerprint density at radius 1 is 1.27 bits per heavy atom. The zero-order chi connectivity index (χ0) is 15.5. The van der Waals surface area contributed by atoms with Crippen molar-refractivity contribution in [3.63, 3.8) is 0 Å². The van der Waals surface area contributed by atoms with E-state index in [1.807, 2.05) is 0 Å². The van der Waals surface area contributed by atoms with Crippen LogP contribution in [-0.4, -0.2) is 17.7 Å². The molecule has 1 aromatic carbocycles. The number of carbonyl (C=O) groups excluding carboxylic acids is 1. The lowest BCUT2D eigenvalue weighted by Gasteiger charge is -2.28. The summed E-state index contributed by atoms with van der Waals surface area (Å²) < 4.78 is 0. The average Bonchev–Trinajstić information content (AvgIpc) is 3.12. The van der Waals surface area contributed by atoms with E-state index in [4.69, 9.17) is 0 Å². The highest BCUT2D eigenvalue weighted by molar-refractivity contribution is 7.99. The van der Waals surface area contributed by atoms with Crippen molar-refractivity contribution in [2.75, 3.05) is 5.75 Å². The van der Waals surface area contributed by atoms with Gasteiger partial charge in [0.25, 0.3) is 0 Å². The summed E-state index contributed by atoms with van der Waals surface area (Å²) in [6, 6.07) is 8.92. The number of thioether (sulfide) groups is 1. The summed E-state index contributed by atoms with van der Waals surface area (Å²) in [6.45, 7) is 4.30. The second-order valence-electron chi connectivity index (χ2n) is 7.17. The molecule has 1 N–H and O–H groups in total. The molecule has 120 valence electrons. The first-order valence-corrected chi connectivity index (χ1v) is 9.70. The maximum absolute atomic E-state index is 12.1. The number of nitrogens with one attached hydrogen (secondary N) is 1. The lowest BCUT2D eigenvalue weighted by Crippen LogP contribution is -2.40. The van der Waals surface area contributed by atoms with Crippen molar-refractivity contribution >= 4 is 17.7 Å². The van der Waals surface area contributed by atoms with E-state index in [2.05, 4.69) is 43.4 Å². The van der Waals surface area contributed by atoms with E-state index in [-0.39, 0.29) is 5.91 Å². The zero-order valence-electron chi connectivity index (χ0n) is 13.7. The predicted octanol–water partition coefficient (Wildman–Crippen LogP) is 4.17. The molecule has 2 aliphatic rings. The lowest BCUT2D eigenvalue weighted by atomic mass is 9.84. The molecular formula is C19H27NOS. The Labute approximate surface area is 138 Å². The van der Waals surface area contributed by atoms with Crippen molar-refractivity contribution < 1.29 is 4.79 Å². The number of aryl methyl sites for hydroxylation is 1. The molecule has 0 aliphatic heterocycles. The van der Waals surface area contributed by atoms with Crippen LogP contribution in [0, 0.1) is 24.7 Å². The van der Waals surface area contributed by atoms with E-state index in [1.54, 1.807) is 11.8 Å². The van der Waals surface area contributed by atoms with Gasteiger partial charge < -0.3 is 5.32 Å². The van der Waals surface area contributed by atoms with Crippen molar-refractivity contribution in [1.82, 2.24) is 5.32 Å². The molecule has 3 heteroatoms. The molecule has 1 amide bonds. The first-order valence-electron chi connectivity index (χ1n) is 8.54. The number of hydrogen-bond acceptors (Lipinski definition) is 2. The van der Waals surface area contributed by atoms with Crippen molar-refractivity contribution in [2.24, 2.45) is 17.8 Å². The molecule has 4 unspecified atom stereocenters. The van der Waals surface area contributed by atoms with Gasteiger partial charge in [0.2, 0.25) is 5.91 Å². The Kier molecular flexibility index (Phi) is 5.12. The van der Waals surface area contributed by atoms with Crippen molar-refractivity contribution in [3.05, 3.63) is 35.4 Å². The summed E-state index contributed by atoms with van der Waals surface area (Å²) >= 11 is 1.71. The molecule has 4 atom stereocenters. The SMILES string of the molecule is Cc1ccc(CSCC(=O)NC(C)C2CC3CCC2C3)cc1. The van der Waals surface area contributed by atoms with Crippen LogP contribution < -0.4 is 5.32 Å². The van der Waals surface area contributed by atoms with E-state index < -0.39 is 0 Å². The number of amides is 1. The lowest BCUT2D eigenvalue weighted by molar-refractivity contribution is -0.119. The van der Waals surface area contributed by atoms with Gasteiger partial charge in [-0.15, -0.1) is 11.8 Å². The van der Waals surface area contributed by atoms with Gasteiger partial charge in [0, 0.05) is 11.8 Å². The Morgan fingerprint density at radius 3 is 2.68 bits per heavy atom. The van der Waals surface area contributed by atoms with Gasteiger partial charge in [-0.05, 0) is 56.4 Å². The van der Waals surface area contributed by atoms with Crippen LogP contribution in [0.25, 0.3) is 0 Å². The van der Waals surface area contributed by atoms with Crippen molar-refractivity contribution in [1.29, 1.82) is 0 Å². The molecule has 0 aromatic heterocycles. The monoisotopic (exact) mass is 317 g/mol. The van der Waals surface area contributed by atoms with Gasteiger partial charge in [0.05, 0.1) is 5.75 Å². The number of rotatable bonds is 6. The Balaban J connectivity index is 1.38. The molecule has 2 aliphatic carbocycles. The van der Waals surface area contributed by atoms with Gasteiger partial charge in [-0.3, -0.25) is 4.79 Å². The molecule has 22 heavy (non-hydrogen) atoms. The van der Waals surface area contributed by atoms with Gasteiger partial charge >= 0.3 is 0 Å². The predicted molar refractivity (Wildman–Crippen MR) is 93.9 cm³/mol. The van der Waals surface area contributed by atoms with E-state index in [9.17, 15) is 4.79 Å². The Bertz CT molecular complexity index is 513. The van der Waals surface area contributed by atoms with Gasteiger partial charge in [0.1, 0.15) is 0 Å². The van der Waals surface area contributed by atoms with E-state index in [1.165, 1.54) is 36.8 Å². The smallest absolute Gasteiger partial charge is 0.230 e. The molecule has 0 spiro atoms. The fraction of sp³-hybridized carbons (Fsp3) is 0.632. The third kappa shape index (κ3) is 3.87. The highest BCUT2D eigenvalue weighted by Gasteiger charge is 2.42. The zero-order valence-corrected chi connectivity index (χ0v) is 14.5. The summed E-state index contributed by atoms with van der Waals surface area (Å²) in [6.07, 6.45) is 5.56. The fourth-order valence-corrected chi connectivity index (χ4v) is 5.05. The number of carbonyl (C=O) groups is 1. The minimum atomic E-state index is 0.201. The molecule has 3 rings (SSSR count). The van der Waals surface area contributed by atoms with Crippen LogP contribution in [0.1, 0.15) is 43.7 Å². The fourth-order valence-electron chi connectivity index (χ4n) is 4.25. The van der Waals surface area contributed by atoms with Crippen LogP contribution in [0.3, 0.4) is 0 Å². The van der Waals surface area contributed by atoms with Crippen LogP contribution in [0.5, 0.6) is 0 Å². The maximum atomic E-state index is 12.1. The van der Waals surface area contributed by atoms with Crippen molar-refractivity contribution in [2.45, 2.75) is 51.3 Å². The molecule has 0 saturated heterocycles. The summed E-state index contributed by atoms with van der Waals surface area (Å²) in [5.41, 5.74) is 2.58. The van der Waals surface area contributed by atoms with Crippen LogP contribution in [0.15, 0.2) is 24.3 Å². The molecular weight excluding hydrogens is 290 g/mol. The third-order valence-corrected chi connectivity index (χ3v) is 6.45. The Morgan fingerprint density at radius 2 is 2.05 bits per heavy atom. The molecule has 2 bridgehead atoms. The maximum Gasteiger partial charge on any atom is 0.230 e. The van der Waals surface area contributed by atoms with Crippen LogP contribution in [0.4, 0.5) is 0 Å². The summed E-state index contributed by atoms with van der Waals surface area (Å²) in [7, 11) is 0. The first-order chi connectivity index (χ1) is 10.6. The highest BCUT2D eigenvalue weighted by Crippen LogP contribution is 2.49. The average molecular weight is 317 g/mol. The standard InChI is InChI=1S/C19H27NOS/c1-13-3-5-15(6-4-13)11-22-12-19(21)20-14(2)18-10-16-7-8-17(18)9-16/h3-6,14,16-18H,7-12H2,1-2H3,(H,20,21). The van der Waals surface area contributed by atoms with Crippen molar-refractivity contribution in [3.8, 4) is 0 Å². The molecule has 0 heterocycles. The molecule has 2 nitrogen and oxygen atoms in total. The van der Waals surface area contributed by atoms with Crippen LogP contribution in [-0.2, 0) is 10.5 Å². The quantitative estimate of drug-likeness (QED) is 0.853. The van der Waals surface area contributed by atoms with Gasteiger partial charge in [-0.2, -0.15) is 0 Å². The minimum Gasteiger partial charge on any atom is -0.353 e. The molecule has 0 radical (unpaired) electrons. The summed E-state index contributed by atoms with van der Waals surface area (Å²) in [5.74, 6) is 4.23. The molecule has 2 saturated carbocycles. The van der Waals surface area contributed by atoms with Gasteiger partial charge in [0.15, 0.2) is 0 Å².